The lowest BCUT2D eigenvalue weighted by molar-refractivity contribution is 0.322. The molecule has 0 bridgehead atoms. The Kier molecular flexibility index (Phi) is 4.72. The summed E-state index contributed by atoms with van der Waals surface area (Å²) in [5.74, 6) is 2.30. The van der Waals surface area contributed by atoms with Crippen molar-refractivity contribution in [3.05, 3.63) is 11.7 Å². The number of likely N-dealkylation sites (N-methyl/N-ethyl adjacent to an activating group) is 1. The van der Waals surface area contributed by atoms with Crippen molar-refractivity contribution >= 4 is 0 Å². The van der Waals surface area contributed by atoms with Crippen LogP contribution in [0.25, 0.3) is 0 Å². The summed E-state index contributed by atoms with van der Waals surface area (Å²) in [5.41, 5.74) is 0. The van der Waals surface area contributed by atoms with Crippen LogP contribution in [0.2, 0.25) is 0 Å². The van der Waals surface area contributed by atoms with Crippen molar-refractivity contribution in [3.8, 4) is 0 Å². The standard InChI is InChI=1S/C13H24N4O/c1-4-17-6-5-11(9-17)8-13-15-12(16-18-13)7-10(2)14-3/h10-11,14H,4-9H2,1-3H3. The maximum Gasteiger partial charge on any atom is 0.226 e. The third-order valence-electron chi connectivity index (χ3n) is 3.77. The quantitative estimate of drug-likeness (QED) is 0.822. The van der Waals surface area contributed by atoms with Crippen LogP contribution in [0, 0.1) is 5.92 Å². The lowest BCUT2D eigenvalue weighted by Crippen LogP contribution is -2.24. The highest BCUT2D eigenvalue weighted by atomic mass is 16.5. The summed E-state index contributed by atoms with van der Waals surface area (Å²) in [4.78, 5) is 6.95. The first-order valence-electron chi connectivity index (χ1n) is 6.92. The highest BCUT2D eigenvalue weighted by Crippen LogP contribution is 2.19. The molecule has 2 unspecified atom stereocenters. The SMILES string of the molecule is CCN1CCC(Cc2nc(CC(C)NC)no2)C1. The van der Waals surface area contributed by atoms with Gasteiger partial charge in [-0.15, -0.1) is 0 Å². The number of likely N-dealkylation sites (tertiary alicyclic amines) is 1. The highest BCUT2D eigenvalue weighted by molar-refractivity contribution is 4.92. The molecule has 0 amide bonds. The van der Waals surface area contributed by atoms with Crippen molar-refractivity contribution in [1.82, 2.24) is 20.4 Å². The van der Waals surface area contributed by atoms with Gasteiger partial charge >= 0.3 is 0 Å². The smallest absolute Gasteiger partial charge is 0.226 e. The number of aromatic nitrogens is 2. The predicted molar refractivity (Wildman–Crippen MR) is 70.4 cm³/mol. The lowest BCUT2D eigenvalue weighted by Gasteiger charge is -2.11. The molecule has 1 aromatic rings. The summed E-state index contributed by atoms with van der Waals surface area (Å²) in [5, 5.41) is 7.23. The number of hydrogen-bond acceptors (Lipinski definition) is 5. The summed E-state index contributed by atoms with van der Waals surface area (Å²) in [6.07, 6.45) is 3.00. The van der Waals surface area contributed by atoms with E-state index in [1.54, 1.807) is 0 Å². The van der Waals surface area contributed by atoms with Crippen molar-refractivity contribution < 1.29 is 4.52 Å². The zero-order chi connectivity index (χ0) is 13.0. The monoisotopic (exact) mass is 252 g/mol. The van der Waals surface area contributed by atoms with E-state index in [0.717, 1.165) is 31.1 Å². The summed E-state index contributed by atoms with van der Waals surface area (Å²) >= 11 is 0. The molecule has 5 nitrogen and oxygen atoms in total. The van der Waals surface area contributed by atoms with Crippen molar-refractivity contribution in [2.75, 3.05) is 26.7 Å². The van der Waals surface area contributed by atoms with Crippen LogP contribution < -0.4 is 5.32 Å². The maximum absolute atomic E-state index is 5.33. The van der Waals surface area contributed by atoms with Gasteiger partial charge in [0.2, 0.25) is 5.89 Å². The zero-order valence-corrected chi connectivity index (χ0v) is 11.6. The Morgan fingerprint density at radius 2 is 2.39 bits per heavy atom. The van der Waals surface area contributed by atoms with Gasteiger partial charge in [-0.25, -0.2) is 0 Å². The second-order valence-corrected chi connectivity index (χ2v) is 5.25. The van der Waals surface area contributed by atoms with Gasteiger partial charge in [-0.05, 0) is 39.4 Å². The van der Waals surface area contributed by atoms with Crippen LogP contribution in [0.3, 0.4) is 0 Å². The third-order valence-corrected chi connectivity index (χ3v) is 3.77. The minimum absolute atomic E-state index is 0.387. The Morgan fingerprint density at radius 1 is 1.56 bits per heavy atom. The van der Waals surface area contributed by atoms with Crippen LogP contribution in [0.1, 0.15) is 32.0 Å². The van der Waals surface area contributed by atoms with Crippen LogP contribution in [-0.2, 0) is 12.8 Å². The normalized spacial score (nSPS) is 22.5. The fraction of sp³-hybridized carbons (Fsp3) is 0.846. The van der Waals surface area contributed by atoms with Gasteiger partial charge in [0.05, 0.1) is 0 Å². The van der Waals surface area contributed by atoms with Gasteiger partial charge in [0.15, 0.2) is 5.82 Å². The fourth-order valence-corrected chi connectivity index (χ4v) is 2.45. The molecule has 18 heavy (non-hydrogen) atoms. The Bertz CT molecular complexity index is 366. The molecule has 2 rings (SSSR count). The van der Waals surface area contributed by atoms with Gasteiger partial charge in [-0.2, -0.15) is 4.98 Å². The summed E-state index contributed by atoms with van der Waals surface area (Å²) < 4.78 is 5.33. The minimum atomic E-state index is 0.387. The van der Waals surface area contributed by atoms with E-state index in [9.17, 15) is 0 Å². The molecule has 0 spiro atoms. The molecule has 1 aliphatic rings. The van der Waals surface area contributed by atoms with Crippen LogP contribution in [0.15, 0.2) is 4.52 Å². The molecule has 0 aromatic carbocycles. The molecule has 1 N–H and O–H groups in total. The molecule has 1 aromatic heterocycles. The molecule has 0 radical (unpaired) electrons. The van der Waals surface area contributed by atoms with Crippen molar-refractivity contribution in [3.63, 3.8) is 0 Å². The molecule has 1 fully saturated rings. The van der Waals surface area contributed by atoms with E-state index >= 15 is 0 Å². The van der Waals surface area contributed by atoms with E-state index in [-0.39, 0.29) is 0 Å². The number of nitrogens with one attached hydrogen (secondary N) is 1. The molecular formula is C13H24N4O. The number of rotatable bonds is 6. The summed E-state index contributed by atoms with van der Waals surface area (Å²) in [6.45, 7) is 7.85. The third kappa shape index (κ3) is 3.53. The molecule has 2 atom stereocenters. The topological polar surface area (TPSA) is 54.2 Å². The van der Waals surface area contributed by atoms with Crippen molar-refractivity contribution in [2.45, 2.75) is 39.2 Å². The Balaban J connectivity index is 1.83. The molecule has 0 aliphatic carbocycles. The number of nitrogens with zero attached hydrogens (tertiary/aromatic N) is 3. The highest BCUT2D eigenvalue weighted by Gasteiger charge is 2.23. The van der Waals surface area contributed by atoms with E-state index in [1.807, 2.05) is 7.05 Å². The Hall–Kier alpha value is -0.940. The molecule has 1 saturated heterocycles. The summed E-state index contributed by atoms with van der Waals surface area (Å²) in [7, 11) is 1.95. The van der Waals surface area contributed by atoms with Crippen LogP contribution >= 0.6 is 0 Å². The minimum Gasteiger partial charge on any atom is -0.339 e. The molecule has 5 heteroatoms. The first-order valence-corrected chi connectivity index (χ1v) is 6.92. The van der Waals surface area contributed by atoms with E-state index in [1.165, 1.54) is 19.5 Å². The first-order chi connectivity index (χ1) is 8.71. The van der Waals surface area contributed by atoms with Crippen LogP contribution in [-0.4, -0.2) is 47.8 Å². The van der Waals surface area contributed by atoms with Crippen molar-refractivity contribution in [2.24, 2.45) is 5.92 Å². The largest absolute Gasteiger partial charge is 0.339 e. The average Bonchev–Trinajstić information content (AvgIpc) is 2.99. The van der Waals surface area contributed by atoms with E-state index in [0.29, 0.717) is 12.0 Å². The van der Waals surface area contributed by atoms with Gasteiger partial charge in [-0.1, -0.05) is 12.1 Å². The second kappa shape index (κ2) is 6.29. The van der Waals surface area contributed by atoms with E-state index < -0.39 is 0 Å². The number of hydrogen-bond donors (Lipinski definition) is 1. The maximum atomic E-state index is 5.33. The lowest BCUT2D eigenvalue weighted by atomic mass is 10.1. The second-order valence-electron chi connectivity index (χ2n) is 5.25. The summed E-state index contributed by atoms with van der Waals surface area (Å²) in [6, 6.07) is 0.387. The first kappa shape index (κ1) is 13.5. The van der Waals surface area contributed by atoms with Crippen LogP contribution in [0.4, 0.5) is 0 Å². The predicted octanol–water partition coefficient (Wildman–Crippen LogP) is 1.10. The zero-order valence-electron chi connectivity index (χ0n) is 11.6. The molecule has 2 heterocycles. The molecule has 0 saturated carbocycles. The van der Waals surface area contributed by atoms with Crippen LogP contribution in [0.5, 0.6) is 0 Å². The molecule has 102 valence electrons. The molecule has 1 aliphatic heterocycles. The van der Waals surface area contributed by atoms with Gasteiger partial charge in [0.25, 0.3) is 0 Å². The van der Waals surface area contributed by atoms with Gasteiger partial charge in [0, 0.05) is 25.4 Å². The average molecular weight is 252 g/mol. The molecular weight excluding hydrogens is 228 g/mol. The Labute approximate surface area is 109 Å². The van der Waals surface area contributed by atoms with Gasteiger partial charge in [0.1, 0.15) is 0 Å². The van der Waals surface area contributed by atoms with E-state index in [4.69, 9.17) is 4.52 Å². The Morgan fingerprint density at radius 3 is 3.06 bits per heavy atom. The van der Waals surface area contributed by atoms with Crippen molar-refractivity contribution in [1.29, 1.82) is 0 Å². The van der Waals surface area contributed by atoms with E-state index in [2.05, 4.69) is 34.2 Å². The van der Waals surface area contributed by atoms with Gasteiger partial charge in [-0.3, -0.25) is 0 Å². The van der Waals surface area contributed by atoms with Gasteiger partial charge < -0.3 is 14.7 Å². The fourth-order valence-electron chi connectivity index (χ4n) is 2.45.